The van der Waals surface area contributed by atoms with Gasteiger partial charge in [-0.1, -0.05) is 0 Å². The average molecular weight is 357 g/mol. The Hall–Kier alpha value is -0.920. The molecular weight excluding hydrogens is 336 g/mol. The number of nitrogens with zero attached hydrogens (tertiary/aromatic N) is 3. The fourth-order valence-electron chi connectivity index (χ4n) is 2.90. The Bertz CT molecular complexity index is 558. The van der Waals surface area contributed by atoms with Gasteiger partial charge in [-0.2, -0.15) is 5.10 Å². The third-order valence-electron chi connectivity index (χ3n) is 4.26. The molecule has 2 N–H and O–H groups in total. The zero-order chi connectivity index (χ0) is 14.8. The van der Waals surface area contributed by atoms with Gasteiger partial charge in [0.15, 0.2) is 0 Å². The van der Waals surface area contributed by atoms with E-state index < -0.39 is 0 Å². The van der Waals surface area contributed by atoms with E-state index in [-0.39, 0.29) is 18.7 Å². The first-order valence-electron chi connectivity index (χ1n) is 7.53. The minimum Gasteiger partial charge on any atom is -0.394 e. The van der Waals surface area contributed by atoms with Crippen LogP contribution in [0.15, 0.2) is 15.5 Å². The average Bonchev–Trinajstić information content (AvgIpc) is 3.23. The molecule has 0 spiro atoms. The van der Waals surface area contributed by atoms with Crippen molar-refractivity contribution in [1.29, 1.82) is 0 Å². The van der Waals surface area contributed by atoms with Crippen LogP contribution in [0.1, 0.15) is 19.3 Å². The van der Waals surface area contributed by atoms with Gasteiger partial charge in [-0.25, -0.2) is 4.68 Å². The summed E-state index contributed by atoms with van der Waals surface area (Å²) in [6.07, 6.45) is 5.59. The van der Waals surface area contributed by atoms with Crippen LogP contribution in [0.25, 0.3) is 0 Å². The standard InChI is InChI=1S/C14H21BrN4O2/c15-13-12(8-17-19(5-6-20)14(13)21)16-7-10-3-4-18(9-10)11-1-2-11/h8,10-11,16,20H,1-7,9H2. The van der Waals surface area contributed by atoms with Crippen molar-refractivity contribution < 1.29 is 5.11 Å². The lowest BCUT2D eigenvalue weighted by Crippen LogP contribution is -2.27. The highest BCUT2D eigenvalue weighted by Gasteiger charge is 2.34. The Labute approximate surface area is 132 Å². The summed E-state index contributed by atoms with van der Waals surface area (Å²) in [5.41, 5.74) is 0.527. The molecule has 116 valence electrons. The van der Waals surface area contributed by atoms with E-state index in [1.807, 2.05) is 0 Å². The van der Waals surface area contributed by atoms with Crippen molar-refractivity contribution in [3.8, 4) is 0 Å². The van der Waals surface area contributed by atoms with E-state index in [0.29, 0.717) is 10.4 Å². The van der Waals surface area contributed by atoms with Crippen LogP contribution < -0.4 is 10.9 Å². The molecule has 1 aliphatic heterocycles. The minimum absolute atomic E-state index is 0.0921. The Morgan fingerprint density at radius 2 is 2.24 bits per heavy atom. The normalized spacial score (nSPS) is 22.7. The number of anilines is 1. The van der Waals surface area contributed by atoms with Gasteiger partial charge in [-0.05, 0) is 47.7 Å². The first-order chi connectivity index (χ1) is 10.2. The molecular formula is C14H21BrN4O2. The monoisotopic (exact) mass is 356 g/mol. The van der Waals surface area contributed by atoms with Crippen molar-refractivity contribution in [1.82, 2.24) is 14.7 Å². The van der Waals surface area contributed by atoms with E-state index in [9.17, 15) is 4.79 Å². The van der Waals surface area contributed by atoms with Crippen LogP contribution in [-0.2, 0) is 6.54 Å². The number of aromatic nitrogens is 2. The Morgan fingerprint density at radius 1 is 1.43 bits per heavy atom. The largest absolute Gasteiger partial charge is 0.394 e. The van der Waals surface area contributed by atoms with E-state index in [2.05, 4.69) is 31.2 Å². The smallest absolute Gasteiger partial charge is 0.283 e. The van der Waals surface area contributed by atoms with E-state index in [4.69, 9.17) is 5.11 Å². The summed E-state index contributed by atoms with van der Waals surface area (Å²) in [6.45, 7) is 3.35. The van der Waals surface area contributed by atoms with Crippen molar-refractivity contribution in [3.05, 3.63) is 21.0 Å². The zero-order valence-corrected chi connectivity index (χ0v) is 13.5. The summed E-state index contributed by atoms with van der Waals surface area (Å²) in [7, 11) is 0. The Morgan fingerprint density at radius 3 is 2.95 bits per heavy atom. The number of nitrogens with one attached hydrogen (secondary N) is 1. The highest BCUT2D eigenvalue weighted by Crippen LogP contribution is 2.31. The van der Waals surface area contributed by atoms with Crippen LogP contribution in [0.3, 0.4) is 0 Å². The van der Waals surface area contributed by atoms with Gasteiger partial charge in [-0.15, -0.1) is 0 Å². The molecule has 2 aliphatic rings. The van der Waals surface area contributed by atoms with Crippen LogP contribution in [0.2, 0.25) is 0 Å². The molecule has 0 amide bonds. The molecule has 2 heterocycles. The second-order valence-electron chi connectivity index (χ2n) is 5.89. The molecule has 7 heteroatoms. The molecule has 3 rings (SSSR count). The van der Waals surface area contributed by atoms with E-state index in [0.717, 1.165) is 24.8 Å². The van der Waals surface area contributed by atoms with Gasteiger partial charge in [0.2, 0.25) is 0 Å². The molecule has 1 saturated heterocycles. The van der Waals surface area contributed by atoms with Gasteiger partial charge in [0, 0.05) is 19.1 Å². The fraction of sp³-hybridized carbons (Fsp3) is 0.714. The van der Waals surface area contributed by atoms with Gasteiger partial charge in [0.25, 0.3) is 5.56 Å². The first-order valence-corrected chi connectivity index (χ1v) is 8.32. The predicted octanol–water partition coefficient (Wildman–Crippen LogP) is 0.894. The number of aliphatic hydroxyl groups is 1. The lowest BCUT2D eigenvalue weighted by Gasteiger charge is -2.16. The van der Waals surface area contributed by atoms with Gasteiger partial charge in [0.1, 0.15) is 4.47 Å². The summed E-state index contributed by atoms with van der Waals surface area (Å²) < 4.78 is 1.75. The summed E-state index contributed by atoms with van der Waals surface area (Å²) in [6, 6.07) is 0.839. The van der Waals surface area contributed by atoms with E-state index in [1.54, 1.807) is 6.20 Å². The number of aliphatic hydroxyl groups excluding tert-OH is 1. The molecule has 0 radical (unpaired) electrons. The summed E-state index contributed by atoms with van der Waals surface area (Å²) in [4.78, 5) is 14.6. The highest BCUT2D eigenvalue weighted by atomic mass is 79.9. The lowest BCUT2D eigenvalue weighted by atomic mass is 10.1. The fourth-order valence-corrected chi connectivity index (χ4v) is 3.34. The Kier molecular flexibility index (Phi) is 4.61. The minimum atomic E-state index is -0.208. The molecule has 0 bridgehead atoms. The van der Waals surface area contributed by atoms with Crippen molar-refractivity contribution in [3.63, 3.8) is 0 Å². The lowest BCUT2D eigenvalue weighted by molar-refractivity contribution is 0.266. The van der Waals surface area contributed by atoms with Crippen LogP contribution in [-0.4, -0.2) is 52.1 Å². The second-order valence-corrected chi connectivity index (χ2v) is 6.68. The van der Waals surface area contributed by atoms with Gasteiger partial charge < -0.3 is 15.3 Å². The highest BCUT2D eigenvalue weighted by molar-refractivity contribution is 9.10. The molecule has 1 atom stereocenters. The summed E-state index contributed by atoms with van der Waals surface area (Å²) in [5, 5.41) is 16.3. The van der Waals surface area contributed by atoms with Crippen LogP contribution >= 0.6 is 15.9 Å². The van der Waals surface area contributed by atoms with E-state index in [1.165, 1.54) is 30.5 Å². The summed E-state index contributed by atoms with van der Waals surface area (Å²) in [5.74, 6) is 0.636. The molecule has 2 fully saturated rings. The zero-order valence-electron chi connectivity index (χ0n) is 12.0. The third-order valence-corrected chi connectivity index (χ3v) is 5.02. The van der Waals surface area contributed by atoms with Crippen molar-refractivity contribution in [2.45, 2.75) is 31.8 Å². The molecule has 1 unspecified atom stereocenters. The van der Waals surface area contributed by atoms with Crippen LogP contribution in [0.5, 0.6) is 0 Å². The van der Waals surface area contributed by atoms with Crippen LogP contribution in [0.4, 0.5) is 5.69 Å². The van der Waals surface area contributed by atoms with Gasteiger partial charge >= 0.3 is 0 Å². The number of rotatable bonds is 6. The van der Waals surface area contributed by atoms with Crippen molar-refractivity contribution >= 4 is 21.6 Å². The molecule has 1 aromatic heterocycles. The molecule has 1 saturated carbocycles. The number of hydrogen-bond acceptors (Lipinski definition) is 5. The summed E-state index contributed by atoms with van der Waals surface area (Å²) >= 11 is 3.33. The SMILES string of the molecule is O=c1c(Br)c(NCC2CCN(C3CC3)C2)cnn1CCO. The molecule has 21 heavy (non-hydrogen) atoms. The number of likely N-dealkylation sites (tertiary alicyclic amines) is 1. The molecule has 1 aliphatic carbocycles. The molecule has 0 aromatic carbocycles. The second kappa shape index (κ2) is 6.46. The van der Waals surface area contributed by atoms with Gasteiger partial charge in [0.05, 0.1) is 25.0 Å². The van der Waals surface area contributed by atoms with Crippen molar-refractivity contribution in [2.75, 3.05) is 31.6 Å². The quantitative estimate of drug-likeness (QED) is 0.792. The van der Waals surface area contributed by atoms with E-state index >= 15 is 0 Å². The molecule has 6 nitrogen and oxygen atoms in total. The molecule has 1 aromatic rings. The van der Waals surface area contributed by atoms with Crippen LogP contribution in [0, 0.1) is 5.92 Å². The number of halogens is 1. The Balaban J connectivity index is 1.58. The van der Waals surface area contributed by atoms with Gasteiger partial charge in [-0.3, -0.25) is 4.79 Å². The third kappa shape index (κ3) is 3.46. The first kappa shape index (κ1) is 15.0. The number of hydrogen-bond donors (Lipinski definition) is 2. The maximum atomic E-state index is 12.0. The maximum absolute atomic E-state index is 12.0. The predicted molar refractivity (Wildman–Crippen MR) is 84.5 cm³/mol. The maximum Gasteiger partial charge on any atom is 0.283 e. The topological polar surface area (TPSA) is 70.4 Å². The van der Waals surface area contributed by atoms with Crippen molar-refractivity contribution in [2.24, 2.45) is 5.92 Å².